The molecule has 0 spiro atoms. The van der Waals surface area contributed by atoms with Gasteiger partial charge >= 0.3 is 0 Å². The summed E-state index contributed by atoms with van der Waals surface area (Å²) in [6.07, 6.45) is 1.22. The van der Waals surface area contributed by atoms with Crippen LogP contribution in [0.5, 0.6) is 0 Å². The molecule has 108 valence electrons. The Hall–Kier alpha value is -1.02. The molecular formula is C17H30N2. The molecule has 0 heterocycles. The van der Waals surface area contributed by atoms with Gasteiger partial charge in [-0.15, -0.1) is 0 Å². The topological polar surface area (TPSA) is 15.3 Å². The largest absolute Gasteiger partial charge is 0.382 e. The highest BCUT2D eigenvalue weighted by atomic mass is 15.1. The molecule has 0 aliphatic carbocycles. The van der Waals surface area contributed by atoms with Crippen molar-refractivity contribution in [1.29, 1.82) is 0 Å². The van der Waals surface area contributed by atoms with E-state index in [1.165, 1.54) is 17.7 Å². The molecule has 0 fully saturated rings. The SMILES string of the molecule is CCC(C)C(C)Nc1cccc(CN(CC)CC)c1. The van der Waals surface area contributed by atoms with Crippen molar-refractivity contribution in [2.45, 2.75) is 53.6 Å². The molecule has 1 rings (SSSR count). The molecular weight excluding hydrogens is 232 g/mol. The van der Waals surface area contributed by atoms with Gasteiger partial charge in [0, 0.05) is 18.3 Å². The van der Waals surface area contributed by atoms with Crippen molar-refractivity contribution in [3.05, 3.63) is 29.8 Å². The molecule has 0 aliphatic rings. The molecule has 19 heavy (non-hydrogen) atoms. The van der Waals surface area contributed by atoms with Gasteiger partial charge in [-0.05, 0) is 43.6 Å². The van der Waals surface area contributed by atoms with Gasteiger partial charge in [-0.3, -0.25) is 4.90 Å². The van der Waals surface area contributed by atoms with Gasteiger partial charge in [0.15, 0.2) is 0 Å². The summed E-state index contributed by atoms with van der Waals surface area (Å²) < 4.78 is 0. The lowest BCUT2D eigenvalue weighted by molar-refractivity contribution is 0.296. The van der Waals surface area contributed by atoms with Crippen molar-refractivity contribution in [3.8, 4) is 0 Å². The second kappa shape index (κ2) is 8.21. The molecule has 0 radical (unpaired) electrons. The van der Waals surface area contributed by atoms with Crippen molar-refractivity contribution in [1.82, 2.24) is 4.90 Å². The molecule has 0 bridgehead atoms. The maximum Gasteiger partial charge on any atom is 0.0345 e. The Kier molecular flexibility index (Phi) is 6.93. The maximum absolute atomic E-state index is 3.62. The van der Waals surface area contributed by atoms with E-state index in [9.17, 15) is 0 Å². The first-order valence-electron chi connectivity index (χ1n) is 7.68. The Morgan fingerprint density at radius 2 is 1.79 bits per heavy atom. The van der Waals surface area contributed by atoms with Crippen LogP contribution in [0, 0.1) is 5.92 Å². The fourth-order valence-corrected chi connectivity index (χ4v) is 2.22. The zero-order valence-corrected chi connectivity index (χ0v) is 13.2. The molecule has 2 unspecified atom stereocenters. The first-order valence-corrected chi connectivity index (χ1v) is 7.68. The van der Waals surface area contributed by atoms with E-state index < -0.39 is 0 Å². The standard InChI is InChI=1S/C17H30N2/c1-6-14(4)15(5)18-17-11-9-10-16(12-17)13-19(7-2)8-3/h9-12,14-15,18H,6-8,13H2,1-5H3. The molecule has 0 amide bonds. The molecule has 0 aromatic heterocycles. The van der Waals surface area contributed by atoms with Gasteiger partial charge in [-0.1, -0.05) is 46.2 Å². The maximum atomic E-state index is 3.62. The number of rotatable bonds is 8. The minimum Gasteiger partial charge on any atom is -0.382 e. The van der Waals surface area contributed by atoms with Crippen LogP contribution in [0.25, 0.3) is 0 Å². The van der Waals surface area contributed by atoms with Gasteiger partial charge in [0.1, 0.15) is 0 Å². The monoisotopic (exact) mass is 262 g/mol. The summed E-state index contributed by atoms with van der Waals surface area (Å²) in [5.41, 5.74) is 2.64. The van der Waals surface area contributed by atoms with Crippen molar-refractivity contribution in [2.24, 2.45) is 5.92 Å². The van der Waals surface area contributed by atoms with Crippen LogP contribution in [-0.4, -0.2) is 24.0 Å². The molecule has 0 aliphatic heterocycles. The Bertz CT molecular complexity index is 358. The summed E-state index contributed by atoms with van der Waals surface area (Å²) in [7, 11) is 0. The lowest BCUT2D eigenvalue weighted by Crippen LogP contribution is -2.24. The summed E-state index contributed by atoms with van der Waals surface area (Å²) in [4.78, 5) is 2.44. The summed E-state index contributed by atoms with van der Waals surface area (Å²) in [6.45, 7) is 14.5. The summed E-state index contributed by atoms with van der Waals surface area (Å²) in [5.74, 6) is 0.700. The van der Waals surface area contributed by atoms with Crippen LogP contribution in [0.2, 0.25) is 0 Å². The van der Waals surface area contributed by atoms with Gasteiger partial charge in [0.2, 0.25) is 0 Å². The summed E-state index contributed by atoms with van der Waals surface area (Å²) in [6, 6.07) is 9.36. The third-order valence-electron chi connectivity index (χ3n) is 4.12. The van der Waals surface area contributed by atoms with E-state index in [1.807, 2.05) is 0 Å². The number of hydrogen-bond donors (Lipinski definition) is 1. The van der Waals surface area contributed by atoms with E-state index >= 15 is 0 Å². The zero-order valence-electron chi connectivity index (χ0n) is 13.2. The molecule has 0 saturated carbocycles. The number of nitrogens with one attached hydrogen (secondary N) is 1. The average molecular weight is 262 g/mol. The van der Waals surface area contributed by atoms with Crippen molar-refractivity contribution in [3.63, 3.8) is 0 Å². The Labute approximate surface area is 119 Å². The molecule has 2 atom stereocenters. The van der Waals surface area contributed by atoms with E-state index in [2.05, 4.69) is 69.1 Å². The van der Waals surface area contributed by atoms with Gasteiger partial charge in [0.25, 0.3) is 0 Å². The normalized spacial score (nSPS) is 14.4. The first-order chi connectivity index (χ1) is 9.10. The lowest BCUT2D eigenvalue weighted by Gasteiger charge is -2.22. The number of hydrogen-bond acceptors (Lipinski definition) is 2. The Balaban J connectivity index is 2.66. The van der Waals surface area contributed by atoms with Gasteiger partial charge < -0.3 is 5.32 Å². The molecule has 1 N–H and O–H groups in total. The van der Waals surface area contributed by atoms with Crippen LogP contribution in [0.3, 0.4) is 0 Å². The molecule has 0 saturated heterocycles. The van der Waals surface area contributed by atoms with Gasteiger partial charge in [-0.25, -0.2) is 0 Å². The fraction of sp³-hybridized carbons (Fsp3) is 0.647. The Morgan fingerprint density at radius 3 is 2.37 bits per heavy atom. The van der Waals surface area contributed by atoms with E-state index in [0.717, 1.165) is 19.6 Å². The number of benzene rings is 1. The molecule has 2 nitrogen and oxygen atoms in total. The van der Waals surface area contributed by atoms with E-state index in [4.69, 9.17) is 0 Å². The van der Waals surface area contributed by atoms with Crippen LogP contribution >= 0.6 is 0 Å². The second-order valence-electron chi connectivity index (χ2n) is 5.48. The summed E-state index contributed by atoms with van der Waals surface area (Å²) in [5, 5.41) is 3.62. The van der Waals surface area contributed by atoms with E-state index in [0.29, 0.717) is 12.0 Å². The van der Waals surface area contributed by atoms with Crippen LogP contribution in [-0.2, 0) is 6.54 Å². The molecule has 1 aromatic rings. The van der Waals surface area contributed by atoms with Crippen molar-refractivity contribution in [2.75, 3.05) is 18.4 Å². The van der Waals surface area contributed by atoms with Crippen LogP contribution < -0.4 is 5.32 Å². The average Bonchev–Trinajstić information content (AvgIpc) is 2.44. The van der Waals surface area contributed by atoms with Crippen molar-refractivity contribution >= 4 is 5.69 Å². The Morgan fingerprint density at radius 1 is 1.11 bits per heavy atom. The third kappa shape index (κ3) is 5.23. The predicted molar refractivity (Wildman–Crippen MR) is 85.6 cm³/mol. The van der Waals surface area contributed by atoms with Crippen LogP contribution in [0.1, 0.15) is 46.6 Å². The zero-order chi connectivity index (χ0) is 14.3. The fourth-order valence-electron chi connectivity index (χ4n) is 2.22. The smallest absolute Gasteiger partial charge is 0.0345 e. The predicted octanol–water partition coefficient (Wildman–Crippen LogP) is 4.37. The highest BCUT2D eigenvalue weighted by Gasteiger charge is 2.10. The number of nitrogens with zero attached hydrogens (tertiary/aromatic N) is 1. The molecule has 1 aromatic carbocycles. The first kappa shape index (κ1) is 16.0. The van der Waals surface area contributed by atoms with Crippen molar-refractivity contribution < 1.29 is 0 Å². The highest BCUT2D eigenvalue weighted by molar-refractivity contribution is 5.46. The minimum absolute atomic E-state index is 0.522. The molecule has 2 heteroatoms. The second-order valence-corrected chi connectivity index (χ2v) is 5.48. The third-order valence-corrected chi connectivity index (χ3v) is 4.12. The van der Waals surface area contributed by atoms with E-state index in [-0.39, 0.29) is 0 Å². The lowest BCUT2D eigenvalue weighted by atomic mass is 10.0. The van der Waals surface area contributed by atoms with Gasteiger partial charge in [0.05, 0.1) is 0 Å². The quantitative estimate of drug-likeness (QED) is 0.748. The summed E-state index contributed by atoms with van der Waals surface area (Å²) >= 11 is 0. The number of anilines is 1. The van der Waals surface area contributed by atoms with Crippen LogP contribution in [0.15, 0.2) is 24.3 Å². The van der Waals surface area contributed by atoms with Gasteiger partial charge in [-0.2, -0.15) is 0 Å². The van der Waals surface area contributed by atoms with E-state index in [1.54, 1.807) is 0 Å². The minimum atomic E-state index is 0.522. The highest BCUT2D eigenvalue weighted by Crippen LogP contribution is 2.17. The van der Waals surface area contributed by atoms with Crippen LogP contribution in [0.4, 0.5) is 5.69 Å².